The molecular weight excluding hydrogens is 420 g/mol. The minimum absolute atomic E-state index is 0.160. The van der Waals surface area contributed by atoms with E-state index in [4.69, 9.17) is 4.74 Å². The molecule has 3 rings (SSSR count). The highest BCUT2D eigenvalue weighted by Crippen LogP contribution is 2.27. The van der Waals surface area contributed by atoms with E-state index in [1.54, 1.807) is 6.07 Å². The summed E-state index contributed by atoms with van der Waals surface area (Å²) >= 11 is 3.29. The van der Waals surface area contributed by atoms with Crippen LogP contribution in [0.4, 0.5) is 0 Å². The number of hydrogen-bond acceptors (Lipinski definition) is 5. The Bertz CT molecular complexity index is 990. The van der Waals surface area contributed by atoms with E-state index in [1.807, 2.05) is 30.3 Å². The highest BCUT2D eigenvalue weighted by molar-refractivity contribution is 9.10. The fourth-order valence-corrected chi connectivity index (χ4v) is 4.07. The number of hydrogen-bond donors (Lipinski definition) is 2. The van der Waals surface area contributed by atoms with Gasteiger partial charge < -0.3 is 4.74 Å². The molecule has 0 fully saturated rings. The molecule has 7 nitrogen and oxygen atoms in total. The van der Waals surface area contributed by atoms with Crippen LogP contribution >= 0.6 is 15.9 Å². The van der Waals surface area contributed by atoms with E-state index in [9.17, 15) is 8.42 Å². The number of aromatic amines is 1. The molecule has 2 aromatic carbocycles. The minimum Gasteiger partial charge on any atom is -0.496 e. The molecule has 0 aliphatic carbocycles. The topological polar surface area (TPSA) is 97.0 Å². The molecule has 0 radical (unpaired) electrons. The van der Waals surface area contributed by atoms with Crippen LogP contribution in [-0.4, -0.2) is 37.3 Å². The zero-order valence-electron chi connectivity index (χ0n) is 13.9. The number of nitrogens with zero attached hydrogens (tertiary/aromatic N) is 2. The molecule has 0 amide bonds. The van der Waals surface area contributed by atoms with Gasteiger partial charge in [0.25, 0.3) is 0 Å². The number of methoxy groups -OCH3 is 1. The first kappa shape index (κ1) is 18.6. The predicted molar refractivity (Wildman–Crippen MR) is 101 cm³/mol. The van der Waals surface area contributed by atoms with Gasteiger partial charge in [-0.2, -0.15) is 5.10 Å². The Hall–Kier alpha value is -2.23. The molecule has 0 unspecified atom stereocenters. The Morgan fingerprint density at radius 1 is 1.19 bits per heavy atom. The number of halogens is 1. The normalized spacial score (nSPS) is 11.5. The van der Waals surface area contributed by atoms with Crippen molar-refractivity contribution in [2.45, 2.75) is 11.3 Å². The van der Waals surface area contributed by atoms with E-state index in [1.165, 1.54) is 19.2 Å². The molecule has 0 aliphatic heterocycles. The van der Waals surface area contributed by atoms with Crippen LogP contribution in [0, 0.1) is 0 Å². The molecule has 0 bridgehead atoms. The van der Waals surface area contributed by atoms with Gasteiger partial charge in [0.1, 0.15) is 11.6 Å². The van der Waals surface area contributed by atoms with E-state index in [0.717, 1.165) is 5.56 Å². The number of aromatic nitrogens is 3. The van der Waals surface area contributed by atoms with Gasteiger partial charge in [-0.1, -0.05) is 30.3 Å². The summed E-state index contributed by atoms with van der Waals surface area (Å²) in [6, 6.07) is 14.2. The largest absolute Gasteiger partial charge is 0.496 e. The monoisotopic (exact) mass is 436 g/mol. The standard InChI is InChI=1S/C17H17BrN4O3S/c1-25-15-8-7-13(11-14(15)18)26(23,24)19-10-9-16-20-17(22-21-16)12-5-3-2-4-6-12/h2-8,11,19H,9-10H2,1H3,(H,20,21,22). The molecule has 1 aromatic heterocycles. The van der Waals surface area contributed by atoms with Crippen LogP contribution in [0.5, 0.6) is 5.75 Å². The summed E-state index contributed by atoms with van der Waals surface area (Å²) in [5, 5.41) is 6.99. The fraction of sp³-hybridized carbons (Fsp3) is 0.176. The first-order valence-corrected chi connectivity index (χ1v) is 10.1. The van der Waals surface area contributed by atoms with Gasteiger partial charge in [0, 0.05) is 18.5 Å². The van der Waals surface area contributed by atoms with Crippen molar-refractivity contribution in [3.8, 4) is 17.1 Å². The van der Waals surface area contributed by atoms with Crippen LogP contribution in [0.3, 0.4) is 0 Å². The van der Waals surface area contributed by atoms with Crippen LogP contribution in [-0.2, 0) is 16.4 Å². The minimum atomic E-state index is -3.62. The summed E-state index contributed by atoms with van der Waals surface area (Å²) in [4.78, 5) is 4.54. The van der Waals surface area contributed by atoms with Gasteiger partial charge in [0.2, 0.25) is 10.0 Å². The van der Waals surface area contributed by atoms with Crippen LogP contribution in [0.2, 0.25) is 0 Å². The van der Waals surface area contributed by atoms with Gasteiger partial charge in [-0.3, -0.25) is 5.10 Å². The summed E-state index contributed by atoms with van der Waals surface area (Å²) < 4.78 is 33.0. The highest BCUT2D eigenvalue weighted by atomic mass is 79.9. The molecule has 0 aliphatic rings. The first-order chi connectivity index (χ1) is 12.5. The third-order valence-corrected chi connectivity index (χ3v) is 5.73. The maximum atomic E-state index is 12.4. The lowest BCUT2D eigenvalue weighted by Crippen LogP contribution is -2.26. The van der Waals surface area contributed by atoms with Crippen molar-refractivity contribution in [1.29, 1.82) is 0 Å². The maximum absolute atomic E-state index is 12.4. The number of H-pyrrole nitrogens is 1. The average Bonchev–Trinajstić information content (AvgIpc) is 3.11. The molecule has 26 heavy (non-hydrogen) atoms. The van der Waals surface area contributed by atoms with Gasteiger partial charge in [-0.05, 0) is 34.1 Å². The summed E-state index contributed by atoms with van der Waals surface area (Å²) in [6.45, 7) is 0.204. The van der Waals surface area contributed by atoms with Crippen molar-refractivity contribution >= 4 is 26.0 Å². The van der Waals surface area contributed by atoms with E-state index in [-0.39, 0.29) is 11.4 Å². The number of ether oxygens (including phenoxy) is 1. The summed E-state index contributed by atoms with van der Waals surface area (Å²) in [6.07, 6.45) is 0.399. The highest BCUT2D eigenvalue weighted by Gasteiger charge is 2.16. The molecule has 1 heterocycles. The Morgan fingerprint density at radius 3 is 2.65 bits per heavy atom. The van der Waals surface area contributed by atoms with E-state index in [0.29, 0.717) is 28.3 Å². The summed E-state index contributed by atoms with van der Waals surface area (Å²) in [5.74, 6) is 1.77. The third kappa shape index (κ3) is 4.29. The number of benzene rings is 2. The number of nitrogens with one attached hydrogen (secondary N) is 2. The Morgan fingerprint density at radius 2 is 1.96 bits per heavy atom. The average molecular weight is 437 g/mol. The van der Waals surface area contributed by atoms with Crippen molar-refractivity contribution in [3.63, 3.8) is 0 Å². The quantitative estimate of drug-likeness (QED) is 0.593. The van der Waals surface area contributed by atoms with Crippen molar-refractivity contribution in [2.24, 2.45) is 0 Å². The molecule has 9 heteroatoms. The predicted octanol–water partition coefficient (Wildman–Crippen LogP) is 2.76. The van der Waals surface area contributed by atoms with E-state index >= 15 is 0 Å². The smallest absolute Gasteiger partial charge is 0.240 e. The lowest BCUT2D eigenvalue weighted by molar-refractivity contribution is 0.411. The van der Waals surface area contributed by atoms with E-state index in [2.05, 4.69) is 35.8 Å². The van der Waals surface area contributed by atoms with Gasteiger partial charge in [0.05, 0.1) is 16.5 Å². The second kappa shape index (κ2) is 7.98. The molecule has 3 aromatic rings. The SMILES string of the molecule is COc1ccc(S(=O)(=O)NCCc2nc(-c3ccccc3)n[nH]2)cc1Br. The van der Waals surface area contributed by atoms with Crippen molar-refractivity contribution in [2.75, 3.05) is 13.7 Å². The van der Waals surface area contributed by atoms with Crippen molar-refractivity contribution in [3.05, 3.63) is 58.8 Å². The lowest BCUT2D eigenvalue weighted by Gasteiger charge is -2.08. The van der Waals surface area contributed by atoms with E-state index < -0.39 is 10.0 Å². The zero-order chi connectivity index (χ0) is 18.6. The first-order valence-electron chi connectivity index (χ1n) is 7.79. The maximum Gasteiger partial charge on any atom is 0.240 e. The summed E-state index contributed by atoms with van der Waals surface area (Å²) in [7, 11) is -2.10. The van der Waals surface area contributed by atoms with Crippen LogP contribution in [0.25, 0.3) is 11.4 Å². The van der Waals surface area contributed by atoms with Gasteiger partial charge in [-0.25, -0.2) is 18.1 Å². The lowest BCUT2D eigenvalue weighted by atomic mass is 10.2. The number of rotatable bonds is 7. The summed E-state index contributed by atoms with van der Waals surface area (Å²) in [5.41, 5.74) is 0.902. The Kier molecular flexibility index (Phi) is 5.70. The molecule has 2 N–H and O–H groups in total. The van der Waals surface area contributed by atoms with Crippen molar-refractivity contribution < 1.29 is 13.2 Å². The van der Waals surface area contributed by atoms with Gasteiger partial charge >= 0.3 is 0 Å². The number of sulfonamides is 1. The zero-order valence-corrected chi connectivity index (χ0v) is 16.3. The molecule has 0 atom stereocenters. The fourth-order valence-electron chi connectivity index (χ4n) is 2.32. The molecule has 136 valence electrons. The second-order valence-electron chi connectivity index (χ2n) is 5.42. The second-order valence-corrected chi connectivity index (χ2v) is 8.04. The third-order valence-electron chi connectivity index (χ3n) is 3.65. The van der Waals surface area contributed by atoms with Gasteiger partial charge in [-0.15, -0.1) is 0 Å². The Balaban J connectivity index is 1.62. The van der Waals surface area contributed by atoms with Crippen LogP contribution in [0.1, 0.15) is 5.82 Å². The Labute approximate surface area is 160 Å². The molecule has 0 spiro atoms. The molecule has 0 saturated heterocycles. The van der Waals surface area contributed by atoms with Gasteiger partial charge in [0.15, 0.2) is 5.82 Å². The molecular formula is C17H17BrN4O3S. The van der Waals surface area contributed by atoms with Crippen LogP contribution in [0.15, 0.2) is 57.9 Å². The molecule has 0 saturated carbocycles. The van der Waals surface area contributed by atoms with Crippen LogP contribution < -0.4 is 9.46 Å². The van der Waals surface area contributed by atoms with Crippen molar-refractivity contribution in [1.82, 2.24) is 19.9 Å².